The molecule has 2 aliphatic rings. The molecule has 0 aliphatic carbocycles. The Kier molecular flexibility index (Phi) is 4.92. The summed E-state index contributed by atoms with van der Waals surface area (Å²) in [6, 6.07) is 5.13. The molecule has 3 rings (SSSR count). The number of fused-ring (bicyclic) bond motifs is 1. The fourth-order valence-electron chi connectivity index (χ4n) is 3.04. The first-order valence-electron chi connectivity index (χ1n) is 8.23. The second-order valence-corrected chi connectivity index (χ2v) is 6.19. The predicted octanol–water partition coefficient (Wildman–Crippen LogP) is -0.388. The van der Waals surface area contributed by atoms with Gasteiger partial charge in [-0.05, 0) is 19.1 Å². The second kappa shape index (κ2) is 7.11. The Hall–Kier alpha value is -2.25. The molecule has 0 bridgehead atoms. The summed E-state index contributed by atoms with van der Waals surface area (Å²) < 4.78 is 0. The number of amides is 3. The van der Waals surface area contributed by atoms with E-state index in [0.717, 1.165) is 43.2 Å². The van der Waals surface area contributed by atoms with Crippen molar-refractivity contribution >= 4 is 17.7 Å². The molecule has 0 saturated carbocycles. The molecule has 7 nitrogen and oxygen atoms in total. The maximum atomic E-state index is 12.3. The van der Waals surface area contributed by atoms with Crippen molar-refractivity contribution in [3.63, 3.8) is 0 Å². The third-order valence-electron chi connectivity index (χ3n) is 4.39. The van der Waals surface area contributed by atoms with Gasteiger partial charge >= 0.3 is 0 Å². The van der Waals surface area contributed by atoms with Gasteiger partial charge in [0.25, 0.3) is 11.8 Å². The fraction of sp³-hybridized carbons (Fsp3) is 0.471. The van der Waals surface area contributed by atoms with Gasteiger partial charge in [-0.2, -0.15) is 0 Å². The van der Waals surface area contributed by atoms with E-state index >= 15 is 0 Å². The highest BCUT2D eigenvalue weighted by Gasteiger charge is 2.36. The van der Waals surface area contributed by atoms with Gasteiger partial charge in [0.1, 0.15) is 6.54 Å². The van der Waals surface area contributed by atoms with Crippen molar-refractivity contribution in [2.75, 3.05) is 45.8 Å². The first-order chi connectivity index (χ1) is 11.6. The van der Waals surface area contributed by atoms with Crippen molar-refractivity contribution in [1.82, 2.24) is 20.4 Å². The zero-order chi connectivity index (χ0) is 17.1. The van der Waals surface area contributed by atoms with E-state index in [1.807, 2.05) is 6.92 Å². The number of benzene rings is 1. The number of hydrogen-bond donors (Lipinski definition) is 2. The molecular weight excluding hydrogens is 308 g/mol. The number of piperazine rings is 1. The molecule has 1 aromatic carbocycles. The van der Waals surface area contributed by atoms with E-state index in [1.165, 1.54) is 0 Å². The van der Waals surface area contributed by atoms with E-state index < -0.39 is 11.8 Å². The first kappa shape index (κ1) is 16.6. The summed E-state index contributed by atoms with van der Waals surface area (Å²) in [4.78, 5) is 40.0. The fourth-order valence-corrected chi connectivity index (χ4v) is 3.04. The van der Waals surface area contributed by atoms with Crippen LogP contribution in [0.2, 0.25) is 0 Å². The van der Waals surface area contributed by atoms with Crippen molar-refractivity contribution in [3.8, 4) is 0 Å². The number of rotatable bonds is 5. The highest BCUT2D eigenvalue weighted by Crippen LogP contribution is 2.23. The number of nitrogens with zero attached hydrogens (tertiary/aromatic N) is 2. The smallest absolute Gasteiger partial charge is 0.262 e. The summed E-state index contributed by atoms with van der Waals surface area (Å²) in [5.74, 6) is -1.10. The lowest BCUT2D eigenvalue weighted by molar-refractivity contribution is -0.121. The number of hydrogen-bond acceptors (Lipinski definition) is 5. The van der Waals surface area contributed by atoms with Crippen LogP contribution < -0.4 is 10.6 Å². The van der Waals surface area contributed by atoms with Crippen molar-refractivity contribution < 1.29 is 14.4 Å². The van der Waals surface area contributed by atoms with E-state index in [-0.39, 0.29) is 12.5 Å². The van der Waals surface area contributed by atoms with Gasteiger partial charge in [-0.3, -0.25) is 24.2 Å². The van der Waals surface area contributed by atoms with Crippen LogP contribution in [-0.4, -0.2) is 73.3 Å². The summed E-state index contributed by atoms with van der Waals surface area (Å²) in [7, 11) is 0. The molecule has 2 heterocycles. The van der Waals surface area contributed by atoms with Gasteiger partial charge in [-0.15, -0.1) is 0 Å². The Labute approximate surface area is 141 Å². The Morgan fingerprint density at radius 1 is 1.17 bits per heavy atom. The first-order valence-corrected chi connectivity index (χ1v) is 8.23. The van der Waals surface area contributed by atoms with Crippen molar-refractivity contribution in [2.45, 2.75) is 6.92 Å². The molecule has 3 amide bonds. The van der Waals surface area contributed by atoms with Crippen molar-refractivity contribution in [3.05, 3.63) is 34.9 Å². The van der Waals surface area contributed by atoms with Gasteiger partial charge in [0.15, 0.2) is 0 Å². The molecule has 0 atom stereocenters. The predicted molar refractivity (Wildman–Crippen MR) is 88.9 cm³/mol. The zero-order valence-corrected chi connectivity index (χ0v) is 13.8. The molecule has 1 fully saturated rings. The minimum atomic E-state index is -0.396. The lowest BCUT2D eigenvalue weighted by Crippen LogP contribution is -2.47. The van der Waals surface area contributed by atoms with Crippen LogP contribution in [0.25, 0.3) is 0 Å². The molecule has 0 aromatic heterocycles. The highest BCUT2D eigenvalue weighted by atomic mass is 16.2. The summed E-state index contributed by atoms with van der Waals surface area (Å²) in [5, 5.41) is 6.06. The van der Waals surface area contributed by atoms with Crippen LogP contribution in [-0.2, 0) is 4.79 Å². The monoisotopic (exact) mass is 330 g/mol. The Bertz CT molecular complexity index is 668. The van der Waals surface area contributed by atoms with E-state index in [2.05, 4.69) is 15.5 Å². The molecule has 0 radical (unpaired) electrons. The van der Waals surface area contributed by atoms with E-state index in [1.54, 1.807) is 18.2 Å². The van der Waals surface area contributed by atoms with Gasteiger partial charge in [0, 0.05) is 39.3 Å². The lowest BCUT2D eigenvalue weighted by atomic mass is 10.1. The Balaban J connectivity index is 1.51. The summed E-state index contributed by atoms with van der Waals surface area (Å²) in [6.07, 6.45) is 0. The zero-order valence-electron chi connectivity index (χ0n) is 13.8. The van der Waals surface area contributed by atoms with Crippen LogP contribution in [0.5, 0.6) is 0 Å². The van der Waals surface area contributed by atoms with Crippen LogP contribution in [0, 0.1) is 6.92 Å². The van der Waals surface area contributed by atoms with Gasteiger partial charge < -0.3 is 10.6 Å². The molecule has 1 aromatic rings. The van der Waals surface area contributed by atoms with Crippen LogP contribution in [0.4, 0.5) is 0 Å². The topological polar surface area (TPSA) is 81.8 Å². The van der Waals surface area contributed by atoms with E-state index in [0.29, 0.717) is 17.7 Å². The minimum Gasteiger partial charge on any atom is -0.353 e. The Morgan fingerprint density at radius 2 is 1.88 bits per heavy atom. The SMILES string of the molecule is Cc1ccc2c(c1)C(=O)N(CC(=O)NCCN1CCNCC1)C2=O. The number of nitrogens with one attached hydrogen (secondary N) is 2. The third kappa shape index (κ3) is 3.47. The summed E-state index contributed by atoms with van der Waals surface area (Å²) in [6.45, 7) is 6.78. The average Bonchev–Trinajstić information content (AvgIpc) is 2.80. The largest absolute Gasteiger partial charge is 0.353 e. The van der Waals surface area contributed by atoms with Gasteiger partial charge in [-0.25, -0.2) is 0 Å². The molecule has 0 spiro atoms. The highest BCUT2D eigenvalue weighted by molar-refractivity contribution is 6.22. The van der Waals surface area contributed by atoms with Gasteiger partial charge in [-0.1, -0.05) is 11.6 Å². The molecule has 7 heteroatoms. The summed E-state index contributed by atoms with van der Waals surface area (Å²) >= 11 is 0. The van der Waals surface area contributed by atoms with Crippen LogP contribution in [0.3, 0.4) is 0 Å². The maximum absolute atomic E-state index is 12.3. The van der Waals surface area contributed by atoms with Crippen LogP contribution in [0.1, 0.15) is 26.3 Å². The van der Waals surface area contributed by atoms with Gasteiger partial charge in [0.05, 0.1) is 11.1 Å². The standard InChI is InChI=1S/C17H22N4O3/c1-12-2-3-13-14(10-12)17(24)21(16(13)23)11-15(22)19-6-9-20-7-4-18-5-8-20/h2-3,10,18H,4-9,11H2,1H3,(H,19,22). The molecule has 0 unspecified atom stereocenters. The van der Waals surface area contributed by atoms with E-state index in [4.69, 9.17) is 0 Å². The number of carbonyl (C=O) groups is 3. The molecular formula is C17H22N4O3. The number of aryl methyl sites for hydroxylation is 1. The molecule has 24 heavy (non-hydrogen) atoms. The number of imide groups is 1. The Morgan fingerprint density at radius 3 is 2.62 bits per heavy atom. The molecule has 2 N–H and O–H groups in total. The van der Waals surface area contributed by atoms with Crippen LogP contribution in [0.15, 0.2) is 18.2 Å². The number of carbonyl (C=O) groups excluding carboxylic acids is 3. The second-order valence-electron chi connectivity index (χ2n) is 6.19. The molecule has 1 saturated heterocycles. The lowest BCUT2D eigenvalue weighted by Gasteiger charge is -2.27. The molecule has 2 aliphatic heterocycles. The van der Waals surface area contributed by atoms with Crippen molar-refractivity contribution in [1.29, 1.82) is 0 Å². The summed E-state index contributed by atoms with van der Waals surface area (Å²) in [5.41, 5.74) is 1.67. The minimum absolute atomic E-state index is 0.229. The van der Waals surface area contributed by atoms with Crippen molar-refractivity contribution in [2.24, 2.45) is 0 Å². The normalized spacial score (nSPS) is 18.0. The van der Waals surface area contributed by atoms with E-state index in [9.17, 15) is 14.4 Å². The quantitative estimate of drug-likeness (QED) is 0.719. The average molecular weight is 330 g/mol. The maximum Gasteiger partial charge on any atom is 0.262 e. The van der Waals surface area contributed by atoms with Crippen LogP contribution >= 0.6 is 0 Å². The van der Waals surface area contributed by atoms with Gasteiger partial charge in [0.2, 0.25) is 5.91 Å². The third-order valence-corrected chi connectivity index (χ3v) is 4.39. The molecule has 128 valence electrons.